The van der Waals surface area contributed by atoms with E-state index >= 15 is 0 Å². The van der Waals surface area contributed by atoms with E-state index in [4.69, 9.17) is 4.74 Å². The van der Waals surface area contributed by atoms with Crippen molar-refractivity contribution >= 4 is 18.3 Å². The Labute approximate surface area is 164 Å². The summed E-state index contributed by atoms with van der Waals surface area (Å²) < 4.78 is 20.6. The van der Waals surface area contributed by atoms with Gasteiger partial charge in [-0.3, -0.25) is 4.79 Å². The van der Waals surface area contributed by atoms with Gasteiger partial charge in [0, 0.05) is 0 Å². The van der Waals surface area contributed by atoms with Gasteiger partial charge in [-0.2, -0.15) is 0 Å². The highest BCUT2D eigenvalue weighted by Crippen LogP contribution is 2.23. The summed E-state index contributed by atoms with van der Waals surface area (Å²) in [5, 5.41) is 14.4. The van der Waals surface area contributed by atoms with E-state index in [1.54, 1.807) is 19.1 Å². The van der Waals surface area contributed by atoms with Crippen molar-refractivity contribution in [2.75, 3.05) is 20.2 Å². The van der Waals surface area contributed by atoms with Crippen LogP contribution in [0.1, 0.15) is 53.6 Å². The number of benzene rings is 1. The Morgan fingerprint density at radius 2 is 2.11 bits per heavy atom. The molecule has 1 amide bonds. The third-order valence-electron chi connectivity index (χ3n) is 4.82. The van der Waals surface area contributed by atoms with Crippen LogP contribution in [-0.4, -0.2) is 41.1 Å². The summed E-state index contributed by atoms with van der Waals surface area (Å²) in [5.74, 6) is -0.599. The van der Waals surface area contributed by atoms with Crippen LogP contribution in [0.5, 0.6) is 5.75 Å². The van der Waals surface area contributed by atoms with E-state index in [-0.39, 0.29) is 36.1 Å². The number of ether oxygens (including phenoxy) is 1. The summed E-state index contributed by atoms with van der Waals surface area (Å²) >= 11 is 0. The fourth-order valence-electron chi connectivity index (χ4n) is 3.25. The first-order chi connectivity index (χ1) is 12.5. The molecule has 148 valence electrons. The minimum absolute atomic E-state index is 0. The van der Waals surface area contributed by atoms with Crippen LogP contribution in [0.2, 0.25) is 0 Å². The molecule has 0 spiro atoms. The topological polar surface area (TPSA) is 81.1 Å². The minimum Gasteiger partial charge on any atom is -0.494 e. The number of halogens is 2. The molecule has 0 saturated carbocycles. The summed E-state index contributed by atoms with van der Waals surface area (Å²) in [7, 11) is 1.41. The second kappa shape index (κ2) is 9.14. The lowest BCUT2D eigenvalue weighted by Crippen LogP contribution is -2.31. The Kier molecular flexibility index (Phi) is 7.15. The van der Waals surface area contributed by atoms with E-state index in [0.717, 1.165) is 31.6 Å². The molecule has 0 bridgehead atoms. The number of amides is 1. The number of aromatic nitrogens is 3. The lowest BCUT2D eigenvalue weighted by Gasteiger charge is -2.23. The third kappa shape index (κ3) is 4.56. The monoisotopic (exact) mass is 397 g/mol. The molecule has 3 rings (SSSR count). The SMILES string of the molecule is COc1ccc(C(C)NC(=O)c2nnn(C3CCNCC3)c2C)cc1F.Cl. The fraction of sp³-hybridized carbons (Fsp3) is 0.500. The van der Waals surface area contributed by atoms with Crippen molar-refractivity contribution in [1.82, 2.24) is 25.6 Å². The second-order valence-electron chi connectivity index (χ2n) is 6.54. The average molecular weight is 398 g/mol. The van der Waals surface area contributed by atoms with E-state index in [1.807, 2.05) is 11.6 Å². The maximum Gasteiger partial charge on any atom is 0.274 e. The van der Waals surface area contributed by atoms with Crippen LogP contribution in [0.4, 0.5) is 4.39 Å². The van der Waals surface area contributed by atoms with Crippen LogP contribution in [0, 0.1) is 12.7 Å². The predicted molar refractivity (Wildman–Crippen MR) is 102 cm³/mol. The van der Waals surface area contributed by atoms with Crippen LogP contribution in [0.15, 0.2) is 18.2 Å². The normalized spacial score (nSPS) is 15.7. The molecule has 1 aliphatic heterocycles. The van der Waals surface area contributed by atoms with Crippen molar-refractivity contribution in [1.29, 1.82) is 0 Å². The third-order valence-corrected chi connectivity index (χ3v) is 4.82. The number of carbonyl (C=O) groups is 1. The molecular weight excluding hydrogens is 373 g/mol. The molecule has 1 aliphatic rings. The van der Waals surface area contributed by atoms with E-state index in [1.165, 1.54) is 13.2 Å². The van der Waals surface area contributed by atoms with Gasteiger partial charge in [-0.05, 0) is 57.5 Å². The molecule has 0 aliphatic carbocycles. The van der Waals surface area contributed by atoms with Crippen LogP contribution in [0.25, 0.3) is 0 Å². The van der Waals surface area contributed by atoms with Crippen molar-refractivity contribution in [3.05, 3.63) is 41.0 Å². The smallest absolute Gasteiger partial charge is 0.274 e. The molecule has 1 saturated heterocycles. The Morgan fingerprint density at radius 3 is 2.74 bits per heavy atom. The zero-order valence-corrected chi connectivity index (χ0v) is 16.5. The highest BCUT2D eigenvalue weighted by molar-refractivity contribution is 5.93. The van der Waals surface area contributed by atoms with Gasteiger partial charge < -0.3 is 15.4 Å². The molecule has 1 atom stereocenters. The second-order valence-corrected chi connectivity index (χ2v) is 6.54. The first kappa shape index (κ1) is 21.1. The van der Waals surface area contributed by atoms with E-state index in [0.29, 0.717) is 11.3 Å². The van der Waals surface area contributed by atoms with Crippen LogP contribution >= 0.6 is 12.4 Å². The van der Waals surface area contributed by atoms with E-state index in [9.17, 15) is 9.18 Å². The summed E-state index contributed by atoms with van der Waals surface area (Å²) in [6.45, 7) is 5.53. The first-order valence-electron chi connectivity index (χ1n) is 8.78. The van der Waals surface area contributed by atoms with Crippen LogP contribution in [-0.2, 0) is 0 Å². The number of piperidine rings is 1. The minimum atomic E-state index is -0.459. The van der Waals surface area contributed by atoms with Crippen molar-refractivity contribution in [3.8, 4) is 5.75 Å². The molecule has 9 heteroatoms. The summed E-state index contributed by atoms with van der Waals surface area (Å²) in [6, 6.07) is 4.53. The van der Waals surface area contributed by atoms with Gasteiger partial charge in [0.25, 0.3) is 5.91 Å². The van der Waals surface area contributed by atoms with Gasteiger partial charge in [0.2, 0.25) is 0 Å². The predicted octanol–water partition coefficient (Wildman–Crippen LogP) is 2.57. The van der Waals surface area contributed by atoms with Crippen molar-refractivity contribution in [2.45, 2.75) is 38.8 Å². The quantitative estimate of drug-likeness (QED) is 0.810. The Balaban J connectivity index is 0.00000261. The van der Waals surface area contributed by atoms with Gasteiger partial charge in [0.15, 0.2) is 17.3 Å². The molecule has 27 heavy (non-hydrogen) atoms. The molecule has 7 nitrogen and oxygen atoms in total. The summed E-state index contributed by atoms with van der Waals surface area (Å²) in [6.07, 6.45) is 1.93. The Bertz CT molecular complexity index is 792. The highest BCUT2D eigenvalue weighted by atomic mass is 35.5. The Hall–Kier alpha value is -2.19. The van der Waals surface area contributed by atoms with Gasteiger partial charge in [-0.15, -0.1) is 17.5 Å². The molecular formula is C18H25ClFN5O2. The molecule has 1 unspecified atom stereocenters. The van der Waals surface area contributed by atoms with Crippen molar-refractivity contribution in [2.24, 2.45) is 0 Å². The summed E-state index contributed by atoms with van der Waals surface area (Å²) in [5.41, 5.74) is 1.71. The first-order valence-corrected chi connectivity index (χ1v) is 8.78. The number of nitrogens with zero attached hydrogens (tertiary/aromatic N) is 3. The highest BCUT2D eigenvalue weighted by Gasteiger charge is 2.24. The fourth-order valence-corrected chi connectivity index (χ4v) is 3.25. The van der Waals surface area contributed by atoms with Crippen molar-refractivity contribution < 1.29 is 13.9 Å². The molecule has 2 heterocycles. The standard InChI is InChI=1S/C18H24FN5O2.ClH/c1-11(13-4-5-16(26-3)15(19)10-13)21-18(25)17-12(2)24(23-22-17)14-6-8-20-9-7-14;/h4-5,10-11,14,20H,6-9H2,1-3H3,(H,21,25);1H. The summed E-state index contributed by atoms with van der Waals surface area (Å²) in [4.78, 5) is 12.6. The van der Waals surface area contributed by atoms with Gasteiger partial charge >= 0.3 is 0 Å². The number of methoxy groups -OCH3 is 1. The lowest BCUT2D eigenvalue weighted by molar-refractivity contribution is 0.0934. The van der Waals surface area contributed by atoms with Gasteiger partial charge in [-0.1, -0.05) is 11.3 Å². The molecule has 2 N–H and O–H groups in total. The Morgan fingerprint density at radius 1 is 1.41 bits per heavy atom. The van der Waals surface area contributed by atoms with E-state index in [2.05, 4.69) is 20.9 Å². The zero-order chi connectivity index (χ0) is 18.7. The number of hydrogen-bond donors (Lipinski definition) is 2. The molecule has 1 aromatic carbocycles. The molecule has 1 aromatic heterocycles. The number of rotatable bonds is 5. The molecule has 2 aromatic rings. The number of carbonyl (C=O) groups excluding carboxylic acids is 1. The maximum atomic E-state index is 13.9. The van der Waals surface area contributed by atoms with Gasteiger partial charge in [-0.25, -0.2) is 9.07 Å². The molecule has 0 radical (unpaired) electrons. The van der Waals surface area contributed by atoms with Gasteiger partial charge in [0.1, 0.15) is 0 Å². The van der Waals surface area contributed by atoms with E-state index < -0.39 is 5.82 Å². The largest absolute Gasteiger partial charge is 0.494 e. The van der Waals surface area contributed by atoms with Crippen molar-refractivity contribution in [3.63, 3.8) is 0 Å². The lowest BCUT2D eigenvalue weighted by atomic mass is 10.1. The maximum absolute atomic E-state index is 13.9. The average Bonchev–Trinajstić information content (AvgIpc) is 3.03. The zero-order valence-electron chi connectivity index (χ0n) is 15.7. The number of hydrogen-bond acceptors (Lipinski definition) is 5. The van der Waals surface area contributed by atoms with Crippen LogP contribution < -0.4 is 15.4 Å². The van der Waals surface area contributed by atoms with Gasteiger partial charge in [0.05, 0.1) is 24.9 Å². The number of nitrogens with one attached hydrogen (secondary N) is 2. The van der Waals surface area contributed by atoms with Crippen LogP contribution in [0.3, 0.4) is 0 Å². The molecule has 1 fully saturated rings.